The Morgan fingerprint density at radius 1 is 1.05 bits per heavy atom. The van der Waals surface area contributed by atoms with Crippen molar-refractivity contribution in [2.45, 2.75) is 57.7 Å². The number of likely N-dealkylation sites (N-methyl/N-ethyl adjacent to an activating group) is 1. The first-order valence-corrected chi connectivity index (χ1v) is 14.2. The molecule has 3 aromatic rings. The molecule has 6 rings (SSSR count). The first kappa shape index (κ1) is 25.7. The average Bonchev–Trinajstić information content (AvgIpc) is 3.35. The van der Waals surface area contributed by atoms with Crippen LogP contribution in [-0.4, -0.2) is 78.0 Å². The molecule has 206 valence electrons. The van der Waals surface area contributed by atoms with Crippen LogP contribution < -0.4 is 19.9 Å². The number of fused-ring (bicyclic) bond motifs is 2. The number of hydrogen-bond acceptors (Lipinski definition) is 7. The largest absolute Gasteiger partial charge is 0.465 e. The number of piperidine rings is 1. The monoisotopic (exact) mass is 530 g/mol. The standard InChI is InChI=1S/C30H38N6O3/c1-20-6-3-7-21-8-4-10-26(27(20)21)36-17-13-24-25(18-36)32-29(39-19-23-9-5-14-34(23)2)33-28(24)35-15-11-22(12-16-35)31-30(37)38/h3-4,6-8,10,22-23,31H,5,9,11-19H2,1-2H3,(H,37,38). The lowest BCUT2D eigenvalue weighted by Gasteiger charge is -2.37. The second-order valence-electron chi connectivity index (χ2n) is 11.2. The highest BCUT2D eigenvalue weighted by molar-refractivity contribution is 5.97. The SMILES string of the molecule is Cc1cccc2cccc(N3CCc4c(nc(OCC5CCCN5C)nc4N4CCC(NC(=O)O)CC4)C3)c12. The summed E-state index contributed by atoms with van der Waals surface area (Å²) in [5.41, 5.74) is 4.74. The summed E-state index contributed by atoms with van der Waals surface area (Å²) in [4.78, 5) is 28.2. The molecule has 0 saturated carbocycles. The molecule has 4 heterocycles. The molecule has 3 aliphatic rings. The lowest BCUT2D eigenvalue weighted by atomic mass is 9.99. The van der Waals surface area contributed by atoms with E-state index in [0.717, 1.165) is 63.4 Å². The van der Waals surface area contributed by atoms with Crippen LogP contribution in [0.25, 0.3) is 10.8 Å². The molecule has 2 saturated heterocycles. The molecule has 0 bridgehead atoms. The van der Waals surface area contributed by atoms with Crippen molar-refractivity contribution < 1.29 is 14.6 Å². The topological polar surface area (TPSA) is 94.1 Å². The fourth-order valence-electron chi connectivity index (χ4n) is 6.46. The van der Waals surface area contributed by atoms with Crippen LogP contribution in [0.4, 0.5) is 16.3 Å². The third-order valence-electron chi connectivity index (χ3n) is 8.65. The Morgan fingerprint density at radius 3 is 2.59 bits per heavy atom. The van der Waals surface area contributed by atoms with Gasteiger partial charge in [-0.1, -0.05) is 30.3 Å². The summed E-state index contributed by atoms with van der Waals surface area (Å²) in [6.45, 7) is 6.97. The first-order valence-electron chi connectivity index (χ1n) is 14.2. The minimum Gasteiger partial charge on any atom is -0.465 e. The third-order valence-corrected chi connectivity index (χ3v) is 8.65. The second kappa shape index (κ2) is 10.9. The van der Waals surface area contributed by atoms with E-state index in [2.05, 4.69) is 70.4 Å². The van der Waals surface area contributed by atoms with Crippen molar-refractivity contribution >= 4 is 28.4 Å². The number of aromatic nitrogens is 2. The summed E-state index contributed by atoms with van der Waals surface area (Å²) >= 11 is 0. The summed E-state index contributed by atoms with van der Waals surface area (Å²) < 4.78 is 6.26. The maximum absolute atomic E-state index is 11.1. The van der Waals surface area contributed by atoms with Gasteiger partial charge in [-0.25, -0.2) is 4.79 Å². The van der Waals surface area contributed by atoms with Gasteiger partial charge in [0.15, 0.2) is 0 Å². The average molecular weight is 531 g/mol. The molecule has 39 heavy (non-hydrogen) atoms. The minimum atomic E-state index is -0.954. The number of ether oxygens (including phenoxy) is 1. The fourth-order valence-corrected chi connectivity index (χ4v) is 6.46. The molecule has 2 N–H and O–H groups in total. The summed E-state index contributed by atoms with van der Waals surface area (Å²) in [7, 11) is 2.15. The molecule has 2 fully saturated rings. The van der Waals surface area contributed by atoms with Gasteiger partial charge in [0, 0.05) is 48.4 Å². The van der Waals surface area contributed by atoms with Gasteiger partial charge in [0.05, 0.1) is 12.2 Å². The number of carboxylic acid groups (broad SMARTS) is 1. The van der Waals surface area contributed by atoms with E-state index in [1.165, 1.54) is 34.0 Å². The number of rotatable bonds is 6. The highest BCUT2D eigenvalue weighted by Crippen LogP contribution is 2.36. The number of anilines is 2. The fraction of sp³-hybridized carbons (Fsp3) is 0.500. The Balaban J connectivity index is 1.30. The molecule has 3 aliphatic heterocycles. The zero-order valence-corrected chi connectivity index (χ0v) is 22.9. The molecule has 0 aliphatic carbocycles. The number of benzene rings is 2. The Morgan fingerprint density at radius 2 is 1.85 bits per heavy atom. The predicted molar refractivity (Wildman–Crippen MR) is 153 cm³/mol. The molecule has 1 atom stereocenters. The van der Waals surface area contributed by atoms with E-state index in [9.17, 15) is 4.79 Å². The Labute approximate surface area is 229 Å². The lowest BCUT2D eigenvalue weighted by molar-refractivity contribution is 0.186. The van der Waals surface area contributed by atoms with E-state index >= 15 is 0 Å². The zero-order chi connectivity index (χ0) is 26.9. The lowest BCUT2D eigenvalue weighted by Crippen LogP contribution is -2.45. The van der Waals surface area contributed by atoms with E-state index < -0.39 is 6.09 Å². The van der Waals surface area contributed by atoms with Gasteiger partial charge in [0.25, 0.3) is 0 Å². The number of nitrogens with zero attached hydrogens (tertiary/aromatic N) is 5. The van der Waals surface area contributed by atoms with Crippen LogP contribution in [-0.2, 0) is 13.0 Å². The van der Waals surface area contributed by atoms with Gasteiger partial charge in [0.2, 0.25) is 0 Å². The highest BCUT2D eigenvalue weighted by Gasteiger charge is 2.30. The van der Waals surface area contributed by atoms with Crippen LogP contribution in [0.2, 0.25) is 0 Å². The van der Waals surface area contributed by atoms with Crippen LogP contribution in [0, 0.1) is 6.92 Å². The summed E-state index contributed by atoms with van der Waals surface area (Å²) in [6.07, 6.45) is 3.74. The van der Waals surface area contributed by atoms with Crippen LogP contribution in [0.1, 0.15) is 42.5 Å². The number of carbonyl (C=O) groups is 1. The van der Waals surface area contributed by atoms with Crippen molar-refractivity contribution in [2.24, 2.45) is 0 Å². The van der Waals surface area contributed by atoms with Crippen LogP contribution in [0.3, 0.4) is 0 Å². The van der Waals surface area contributed by atoms with E-state index in [-0.39, 0.29) is 6.04 Å². The number of hydrogen-bond donors (Lipinski definition) is 2. The number of amides is 1. The molecule has 0 spiro atoms. The summed E-state index contributed by atoms with van der Waals surface area (Å²) in [6, 6.07) is 13.8. The molecule has 1 aromatic heterocycles. The minimum absolute atomic E-state index is 0.0184. The third kappa shape index (κ3) is 5.32. The zero-order valence-electron chi connectivity index (χ0n) is 22.9. The van der Waals surface area contributed by atoms with Crippen molar-refractivity contribution in [3.63, 3.8) is 0 Å². The van der Waals surface area contributed by atoms with Gasteiger partial charge in [-0.2, -0.15) is 9.97 Å². The molecule has 1 amide bonds. The van der Waals surface area contributed by atoms with Gasteiger partial charge < -0.3 is 29.9 Å². The molecule has 2 aromatic carbocycles. The maximum atomic E-state index is 11.1. The van der Waals surface area contributed by atoms with E-state index in [1.807, 2.05) is 0 Å². The Kier molecular flexibility index (Phi) is 7.16. The van der Waals surface area contributed by atoms with E-state index in [0.29, 0.717) is 25.2 Å². The van der Waals surface area contributed by atoms with Crippen LogP contribution >= 0.6 is 0 Å². The van der Waals surface area contributed by atoms with Crippen molar-refractivity contribution in [3.05, 3.63) is 53.2 Å². The Hall–Kier alpha value is -3.59. The molecule has 9 nitrogen and oxygen atoms in total. The smallest absolute Gasteiger partial charge is 0.404 e. The summed E-state index contributed by atoms with van der Waals surface area (Å²) in [5, 5.41) is 14.3. The number of aryl methyl sites for hydroxylation is 1. The first-order chi connectivity index (χ1) is 19.0. The van der Waals surface area contributed by atoms with Gasteiger partial charge in [-0.3, -0.25) is 0 Å². The molecular formula is C30H38N6O3. The second-order valence-corrected chi connectivity index (χ2v) is 11.2. The molecule has 1 unspecified atom stereocenters. The summed E-state index contributed by atoms with van der Waals surface area (Å²) in [5.74, 6) is 0.956. The van der Waals surface area contributed by atoms with Gasteiger partial charge in [0.1, 0.15) is 12.4 Å². The van der Waals surface area contributed by atoms with Crippen LogP contribution in [0.5, 0.6) is 6.01 Å². The Bertz CT molecular complexity index is 1350. The highest BCUT2D eigenvalue weighted by atomic mass is 16.5. The van der Waals surface area contributed by atoms with Gasteiger partial charge in [-0.05, 0) is 69.6 Å². The number of likely N-dealkylation sites (tertiary alicyclic amines) is 1. The molecule has 0 radical (unpaired) electrons. The molecular weight excluding hydrogens is 492 g/mol. The number of nitrogens with one attached hydrogen (secondary N) is 1. The van der Waals surface area contributed by atoms with Gasteiger partial charge in [-0.15, -0.1) is 0 Å². The quantitative estimate of drug-likeness (QED) is 0.490. The van der Waals surface area contributed by atoms with Crippen molar-refractivity contribution in [1.29, 1.82) is 0 Å². The predicted octanol–water partition coefficient (Wildman–Crippen LogP) is 4.21. The van der Waals surface area contributed by atoms with Gasteiger partial charge >= 0.3 is 12.1 Å². The normalized spacial score (nSPS) is 20.3. The van der Waals surface area contributed by atoms with E-state index in [4.69, 9.17) is 19.8 Å². The molecule has 9 heteroatoms. The van der Waals surface area contributed by atoms with Crippen molar-refractivity contribution in [2.75, 3.05) is 49.6 Å². The maximum Gasteiger partial charge on any atom is 0.404 e. The van der Waals surface area contributed by atoms with E-state index in [1.54, 1.807) is 0 Å². The van der Waals surface area contributed by atoms with Crippen molar-refractivity contribution in [1.82, 2.24) is 20.2 Å². The van der Waals surface area contributed by atoms with Crippen LogP contribution in [0.15, 0.2) is 36.4 Å². The van der Waals surface area contributed by atoms with Crippen molar-refractivity contribution in [3.8, 4) is 6.01 Å².